The third kappa shape index (κ3) is 4.33. The van der Waals surface area contributed by atoms with Gasteiger partial charge in [0, 0.05) is 16.6 Å². The predicted molar refractivity (Wildman–Crippen MR) is 89.6 cm³/mol. The van der Waals surface area contributed by atoms with E-state index in [0.29, 0.717) is 11.3 Å². The predicted octanol–water partition coefficient (Wildman–Crippen LogP) is 2.93. The van der Waals surface area contributed by atoms with Crippen LogP contribution in [0, 0.1) is 20.8 Å². The Morgan fingerprint density at radius 2 is 2.17 bits per heavy atom. The second-order valence-electron chi connectivity index (χ2n) is 5.98. The molecule has 2 rings (SSSR count). The number of aliphatic hydroxyl groups is 1. The smallest absolute Gasteiger partial charge is 0.315 e. The van der Waals surface area contributed by atoms with Crippen LogP contribution in [0.2, 0.25) is 0 Å². The van der Waals surface area contributed by atoms with Crippen molar-refractivity contribution in [3.8, 4) is 0 Å². The highest BCUT2D eigenvalue weighted by Gasteiger charge is 2.28. The summed E-state index contributed by atoms with van der Waals surface area (Å²) in [4.78, 5) is 16.4. The molecule has 0 unspecified atom stereocenters. The minimum atomic E-state index is -1.19. The second-order valence-corrected chi connectivity index (χ2v) is 6.87. The average Bonchev–Trinajstić information content (AvgIpc) is 3.03. The molecular weight excluding hydrogens is 314 g/mol. The van der Waals surface area contributed by atoms with Gasteiger partial charge in [-0.3, -0.25) is 0 Å². The fourth-order valence-electron chi connectivity index (χ4n) is 2.39. The molecule has 0 aliphatic carbocycles. The van der Waals surface area contributed by atoms with Crippen LogP contribution in [0.4, 0.5) is 4.79 Å². The van der Waals surface area contributed by atoms with Gasteiger partial charge < -0.3 is 20.2 Å². The van der Waals surface area contributed by atoms with Gasteiger partial charge >= 0.3 is 6.03 Å². The van der Waals surface area contributed by atoms with Gasteiger partial charge in [-0.25, -0.2) is 9.78 Å². The Bertz CT molecular complexity index is 691. The molecule has 6 nitrogen and oxygen atoms in total. The minimum absolute atomic E-state index is 0.0856. The van der Waals surface area contributed by atoms with E-state index in [2.05, 4.69) is 15.6 Å². The van der Waals surface area contributed by atoms with E-state index in [1.807, 2.05) is 26.2 Å². The molecular formula is C16H23N3O3S. The lowest BCUT2D eigenvalue weighted by Crippen LogP contribution is -2.44. The number of amides is 2. The lowest BCUT2D eigenvalue weighted by molar-refractivity contribution is 0.0578. The highest BCUT2D eigenvalue weighted by molar-refractivity contribution is 7.09. The number of furan rings is 1. The molecule has 2 atom stereocenters. The number of carbonyl (C=O) groups is 1. The van der Waals surface area contributed by atoms with Crippen molar-refractivity contribution in [2.24, 2.45) is 0 Å². The summed E-state index contributed by atoms with van der Waals surface area (Å²) in [7, 11) is 0. The van der Waals surface area contributed by atoms with Gasteiger partial charge in [0.05, 0.1) is 12.6 Å². The maximum Gasteiger partial charge on any atom is 0.315 e. The van der Waals surface area contributed by atoms with Crippen LogP contribution >= 0.6 is 11.3 Å². The molecule has 0 aliphatic heterocycles. The highest BCUT2D eigenvalue weighted by atomic mass is 32.1. The Morgan fingerprint density at radius 3 is 2.70 bits per heavy atom. The maximum absolute atomic E-state index is 12.0. The van der Waals surface area contributed by atoms with Crippen molar-refractivity contribution in [2.45, 2.75) is 46.3 Å². The van der Waals surface area contributed by atoms with Crippen molar-refractivity contribution in [1.82, 2.24) is 15.6 Å². The van der Waals surface area contributed by atoms with E-state index in [4.69, 9.17) is 4.42 Å². The Morgan fingerprint density at radius 1 is 1.48 bits per heavy atom. The van der Waals surface area contributed by atoms with Gasteiger partial charge in [0.15, 0.2) is 0 Å². The number of aromatic nitrogens is 1. The van der Waals surface area contributed by atoms with Crippen LogP contribution in [0.5, 0.6) is 0 Å². The normalized spacial score (nSPS) is 15.0. The van der Waals surface area contributed by atoms with Crippen LogP contribution in [0.3, 0.4) is 0 Å². The molecule has 3 N–H and O–H groups in total. The third-order valence-corrected chi connectivity index (χ3v) is 4.71. The molecule has 23 heavy (non-hydrogen) atoms. The number of thiazole rings is 1. The van der Waals surface area contributed by atoms with Crippen molar-refractivity contribution < 1.29 is 14.3 Å². The first-order chi connectivity index (χ1) is 10.7. The molecule has 0 saturated heterocycles. The molecule has 0 bridgehead atoms. The minimum Gasteiger partial charge on any atom is -0.466 e. The molecule has 0 spiro atoms. The van der Waals surface area contributed by atoms with Gasteiger partial charge in [-0.15, -0.1) is 11.3 Å². The van der Waals surface area contributed by atoms with Crippen LogP contribution in [0.15, 0.2) is 15.9 Å². The SMILES string of the molecule is Cc1csc([C@H](C)NC(=O)NC[C@@](C)(O)c2cc(C)oc2C)n1. The Balaban J connectivity index is 1.92. The molecule has 126 valence electrons. The monoisotopic (exact) mass is 337 g/mol. The number of urea groups is 1. The summed E-state index contributed by atoms with van der Waals surface area (Å²) in [5.41, 5.74) is 0.423. The van der Waals surface area contributed by atoms with E-state index in [1.165, 1.54) is 11.3 Å². The van der Waals surface area contributed by atoms with Crippen molar-refractivity contribution in [3.63, 3.8) is 0 Å². The summed E-state index contributed by atoms with van der Waals surface area (Å²) in [6.07, 6.45) is 0. The first kappa shape index (κ1) is 17.5. The summed E-state index contributed by atoms with van der Waals surface area (Å²) >= 11 is 1.51. The van der Waals surface area contributed by atoms with Gasteiger partial charge in [0.1, 0.15) is 22.1 Å². The molecule has 0 saturated carbocycles. The molecule has 2 aromatic heterocycles. The van der Waals surface area contributed by atoms with Gasteiger partial charge in [0.2, 0.25) is 0 Å². The molecule has 0 fully saturated rings. The van der Waals surface area contributed by atoms with E-state index in [1.54, 1.807) is 19.9 Å². The van der Waals surface area contributed by atoms with E-state index < -0.39 is 5.60 Å². The topological polar surface area (TPSA) is 87.4 Å². The highest BCUT2D eigenvalue weighted by Crippen LogP contribution is 2.26. The lowest BCUT2D eigenvalue weighted by Gasteiger charge is -2.24. The number of aryl methyl sites for hydroxylation is 3. The first-order valence-corrected chi connectivity index (χ1v) is 8.33. The maximum atomic E-state index is 12.0. The zero-order valence-corrected chi connectivity index (χ0v) is 14.9. The van der Waals surface area contributed by atoms with Crippen molar-refractivity contribution in [3.05, 3.63) is 39.2 Å². The van der Waals surface area contributed by atoms with Crippen LogP contribution in [-0.4, -0.2) is 22.7 Å². The average molecular weight is 337 g/mol. The Kier molecular flexibility index (Phi) is 5.11. The number of carbonyl (C=O) groups excluding carboxylic acids is 1. The van der Waals surface area contributed by atoms with Crippen molar-refractivity contribution in [2.75, 3.05) is 6.54 Å². The van der Waals surface area contributed by atoms with Crippen LogP contribution in [0.25, 0.3) is 0 Å². The first-order valence-electron chi connectivity index (χ1n) is 7.45. The zero-order chi connectivity index (χ0) is 17.2. The fraction of sp³-hybridized carbons (Fsp3) is 0.500. The zero-order valence-electron chi connectivity index (χ0n) is 14.1. The van der Waals surface area contributed by atoms with Crippen LogP contribution in [0.1, 0.15) is 47.7 Å². The van der Waals surface area contributed by atoms with Gasteiger partial charge in [0.25, 0.3) is 0 Å². The molecule has 0 radical (unpaired) electrons. The molecule has 0 aliphatic rings. The van der Waals surface area contributed by atoms with E-state index in [0.717, 1.165) is 16.5 Å². The summed E-state index contributed by atoms with van der Waals surface area (Å²) in [6, 6.07) is 1.26. The fourth-order valence-corrected chi connectivity index (χ4v) is 3.20. The van der Waals surface area contributed by atoms with Crippen LogP contribution in [-0.2, 0) is 5.60 Å². The quantitative estimate of drug-likeness (QED) is 0.783. The number of rotatable bonds is 5. The van der Waals surface area contributed by atoms with Gasteiger partial charge in [-0.05, 0) is 40.7 Å². The van der Waals surface area contributed by atoms with E-state index in [-0.39, 0.29) is 18.6 Å². The largest absolute Gasteiger partial charge is 0.466 e. The number of nitrogens with one attached hydrogen (secondary N) is 2. The lowest BCUT2D eigenvalue weighted by atomic mass is 9.96. The molecule has 2 aromatic rings. The second kappa shape index (κ2) is 6.72. The Labute approximate surface area is 139 Å². The van der Waals surface area contributed by atoms with Crippen molar-refractivity contribution >= 4 is 17.4 Å². The van der Waals surface area contributed by atoms with Crippen molar-refractivity contribution in [1.29, 1.82) is 0 Å². The molecule has 2 heterocycles. The summed E-state index contributed by atoms with van der Waals surface area (Å²) in [6.45, 7) is 9.15. The molecule has 0 aromatic carbocycles. The summed E-state index contributed by atoms with van der Waals surface area (Å²) < 4.78 is 5.44. The number of nitrogens with zero attached hydrogens (tertiary/aromatic N) is 1. The van der Waals surface area contributed by atoms with E-state index in [9.17, 15) is 9.90 Å². The molecule has 2 amide bonds. The summed E-state index contributed by atoms with van der Waals surface area (Å²) in [5, 5.41) is 18.9. The van der Waals surface area contributed by atoms with Gasteiger partial charge in [-0.1, -0.05) is 0 Å². The van der Waals surface area contributed by atoms with Gasteiger partial charge in [-0.2, -0.15) is 0 Å². The standard InChI is InChI=1S/C16H23N3O3S/c1-9-7-23-14(18-9)11(3)19-15(20)17-8-16(5,21)13-6-10(2)22-12(13)4/h6-7,11,21H,8H2,1-5H3,(H2,17,19,20)/t11-,16+/m0/s1. The molecule has 7 heteroatoms. The third-order valence-electron chi connectivity index (χ3n) is 3.57. The number of hydrogen-bond acceptors (Lipinski definition) is 5. The summed E-state index contributed by atoms with van der Waals surface area (Å²) in [5.74, 6) is 1.39. The van der Waals surface area contributed by atoms with E-state index >= 15 is 0 Å². The number of hydrogen-bond donors (Lipinski definition) is 3. The Hall–Kier alpha value is -1.86. The van der Waals surface area contributed by atoms with Crippen LogP contribution < -0.4 is 10.6 Å².